The maximum Gasteiger partial charge on any atom is 0.317 e. The Labute approximate surface area is 93.5 Å². The summed E-state index contributed by atoms with van der Waals surface area (Å²) in [6.45, 7) is 7.49. The normalized spacial score (nSPS) is 13.1. The van der Waals surface area contributed by atoms with Gasteiger partial charge in [-0.05, 0) is 26.3 Å². The lowest BCUT2D eigenvalue weighted by molar-refractivity contribution is -0.138. The highest BCUT2D eigenvalue weighted by molar-refractivity contribution is 5.69. The quantitative estimate of drug-likeness (QED) is 0.601. The van der Waals surface area contributed by atoms with Crippen molar-refractivity contribution in [1.82, 2.24) is 4.90 Å². The van der Waals surface area contributed by atoms with Crippen molar-refractivity contribution in [2.75, 3.05) is 13.1 Å². The molecule has 0 rings (SSSR count). The Hall–Kier alpha value is -0.570. The minimum absolute atomic E-state index is 0.182. The zero-order valence-corrected chi connectivity index (χ0v) is 10.3. The fourth-order valence-electron chi connectivity index (χ4n) is 1.63. The second-order valence-corrected chi connectivity index (χ2v) is 4.18. The number of carboxylic acids is 1. The van der Waals surface area contributed by atoms with Gasteiger partial charge in [0.25, 0.3) is 0 Å². The molecular formula is C12H25NO2. The fraction of sp³-hybridized carbons (Fsp3) is 0.917. The van der Waals surface area contributed by atoms with Crippen LogP contribution in [-0.4, -0.2) is 35.1 Å². The van der Waals surface area contributed by atoms with Crippen molar-refractivity contribution >= 4 is 5.97 Å². The number of aliphatic carboxylic acids is 1. The molecule has 0 spiro atoms. The van der Waals surface area contributed by atoms with Crippen molar-refractivity contribution < 1.29 is 9.90 Å². The molecule has 1 N–H and O–H groups in total. The summed E-state index contributed by atoms with van der Waals surface area (Å²) in [5.74, 6) is -0.717. The lowest BCUT2D eigenvalue weighted by atomic mass is 10.1. The molecule has 3 nitrogen and oxygen atoms in total. The summed E-state index contributed by atoms with van der Waals surface area (Å²) in [6, 6.07) is 0.378. The highest BCUT2D eigenvalue weighted by Crippen LogP contribution is 2.07. The van der Waals surface area contributed by atoms with Crippen molar-refractivity contribution in [1.29, 1.82) is 0 Å². The first-order valence-electron chi connectivity index (χ1n) is 6.07. The molecular weight excluding hydrogens is 190 g/mol. The van der Waals surface area contributed by atoms with Gasteiger partial charge in [0, 0.05) is 6.04 Å². The van der Waals surface area contributed by atoms with E-state index in [1.54, 1.807) is 0 Å². The molecule has 0 amide bonds. The van der Waals surface area contributed by atoms with E-state index in [4.69, 9.17) is 5.11 Å². The lowest BCUT2D eigenvalue weighted by Crippen LogP contribution is -2.37. The molecule has 1 unspecified atom stereocenters. The van der Waals surface area contributed by atoms with E-state index in [0.29, 0.717) is 6.04 Å². The topological polar surface area (TPSA) is 40.5 Å². The number of carbonyl (C=O) groups is 1. The molecule has 90 valence electrons. The Balaban J connectivity index is 3.85. The Morgan fingerprint density at radius 3 is 2.40 bits per heavy atom. The standard InChI is InChI=1S/C12H25NO2/c1-4-6-7-8-9-13(10-12(14)15)11(3)5-2/h11H,4-10H2,1-3H3,(H,14,15). The average molecular weight is 215 g/mol. The van der Waals surface area contributed by atoms with Crippen LogP contribution < -0.4 is 0 Å². The predicted molar refractivity (Wildman–Crippen MR) is 63.1 cm³/mol. The summed E-state index contributed by atoms with van der Waals surface area (Å²) >= 11 is 0. The van der Waals surface area contributed by atoms with Crippen molar-refractivity contribution in [2.45, 2.75) is 58.9 Å². The smallest absolute Gasteiger partial charge is 0.317 e. The van der Waals surface area contributed by atoms with Crippen LogP contribution in [0.15, 0.2) is 0 Å². The minimum atomic E-state index is -0.717. The molecule has 0 aliphatic carbocycles. The molecule has 0 bridgehead atoms. The van der Waals surface area contributed by atoms with Crippen LogP contribution in [0.3, 0.4) is 0 Å². The molecule has 0 fully saturated rings. The SMILES string of the molecule is CCCCCCN(CC(=O)O)C(C)CC. The molecule has 0 aromatic heterocycles. The van der Waals surface area contributed by atoms with Gasteiger partial charge in [-0.1, -0.05) is 33.1 Å². The zero-order chi connectivity index (χ0) is 11.7. The van der Waals surface area contributed by atoms with E-state index < -0.39 is 5.97 Å². The lowest BCUT2D eigenvalue weighted by Gasteiger charge is -2.26. The number of nitrogens with zero attached hydrogens (tertiary/aromatic N) is 1. The van der Waals surface area contributed by atoms with E-state index in [9.17, 15) is 4.79 Å². The van der Waals surface area contributed by atoms with E-state index in [0.717, 1.165) is 19.4 Å². The highest BCUT2D eigenvalue weighted by Gasteiger charge is 2.14. The molecule has 1 atom stereocenters. The first kappa shape index (κ1) is 14.4. The molecule has 0 aromatic carbocycles. The molecule has 0 heterocycles. The van der Waals surface area contributed by atoms with Gasteiger partial charge in [0.05, 0.1) is 6.54 Å². The zero-order valence-electron chi connectivity index (χ0n) is 10.3. The maximum atomic E-state index is 10.7. The third-order valence-corrected chi connectivity index (χ3v) is 2.85. The third kappa shape index (κ3) is 7.37. The fourth-order valence-corrected chi connectivity index (χ4v) is 1.63. The Bertz CT molecular complexity index is 171. The largest absolute Gasteiger partial charge is 0.480 e. The van der Waals surface area contributed by atoms with Crippen LogP contribution in [0, 0.1) is 0 Å². The van der Waals surface area contributed by atoms with Crippen LogP contribution >= 0.6 is 0 Å². The first-order chi connectivity index (χ1) is 7.11. The molecule has 15 heavy (non-hydrogen) atoms. The van der Waals surface area contributed by atoms with Crippen LogP contribution in [-0.2, 0) is 4.79 Å². The van der Waals surface area contributed by atoms with Gasteiger partial charge in [-0.2, -0.15) is 0 Å². The van der Waals surface area contributed by atoms with Gasteiger partial charge in [-0.15, -0.1) is 0 Å². The second kappa shape index (κ2) is 8.72. The number of hydrogen-bond donors (Lipinski definition) is 1. The number of carboxylic acid groups (broad SMARTS) is 1. The summed E-state index contributed by atoms with van der Waals surface area (Å²) in [4.78, 5) is 12.7. The number of hydrogen-bond acceptors (Lipinski definition) is 2. The van der Waals surface area contributed by atoms with Crippen molar-refractivity contribution in [3.8, 4) is 0 Å². The van der Waals surface area contributed by atoms with E-state index >= 15 is 0 Å². The van der Waals surface area contributed by atoms with Gasteiger partial charge < -0.3 is 5.11 Å². The van der Waals surface area contributed by atoms with E-state index in [1.807, 2.05) is 0 Å². The summed E-state index contributed by atoms with van der Waals surface area (Å²) in [5, 5.41) is 8.79. The van der Waals surface area contributed by atoms with Crippen molar-refractivity contribution in [3.63, 3.8) is 0 Å². The van der Waals surface area contributed by atoms with Gasteiger partial charge >= 0.3 is 5.97 Å². The van der Waals surface area contributed by atoms with E-state index in [2.05, 4.69) is 25.7 Å². The molecule has 3 heteroatoms. The summed E-state index contributed by atoms with van der Waals surface area (Å²) in [5.41, 5.74) is 0. The van der Waals surface area contributed by atoms with E-state index in [-0.39, 0.29) is 6.54 Å². The van der Waals surface area contributed by atoms with Crippen LogP contribution in [0.25, 0.3) is 0 Å². The summed E-state index contributed by atoms with van der Waals surface area (Å²) in [7, 11) is 0. The highest BCUT2D eigenvalue weighted by atomic mass is 16.4. The minimum Gasteiger partial charge on any atom is -0.480 e. The molecule has 0 aliphatic heterocycles. The summed E-state index contributed by atoms with van der Waals surface area (Å²) < 4.78 is 0. The number of unbranched alkanes of at least 4 members (excludes halogenated alkanes) is 3. The third-order valence-electron chi connectivity index (χ3n) is 2.85. The summed E-state index contributed by atoms with van der Waals surface area (Å²) in [6.07, 6.45) is 5.82. The van der Waals surface area contributed by atoms with Gasteiger partial charge in [-0.25, -0.2) is 0 Å². The Kier molecular flexibility index (Phi) is 8.38. The van der Waals surface area contributed by atoms with Crippen LogP contribution in [0.1, 0.15) is 52.9 Å². The van der Waals surface area contributed by atoms with Crippen LogP contribution in [0.5, 0.6) is 0 Å². The van der Waals surface area contributed by atoms with Gasteiger partial charge in [0.2, 0.25) is 0 Å². The molecule has 0 radical (unpaired) electrons. The van der Waals surface area contributed by atoms with Crippen molar-refractivity contribution in [3.05, 3.63) is 0 Å². The molecule has 0 saturated heterocycles. The van der Waals surface area contributed by atoms with Gasteiger partial charge in [-0.3, -0.25) is 9.69 Å². The second-order valence-electron chi connectivity index (χ2n) is 4.18. The van der Waals surface area contributed by atoms with Gasteiger partial charge in [0.1, 0.15) is 0 Å². The first-order valence-corrected chi connectivity index (χ1v) is 6.07. The number of rotatable bonds is 9. The predicted octanol–water partition coefficient (Wildman–Crippen LogP) is 2.75. The van der Waals surface area contributed by atoms with Crippen molar-refractivity contribution in [2.24, 2.45) is 0 Å². The maximum absolute atomic E-state index is 10.7. The monoisotopic (exact) mass is 215 g/mol. The average Bonchev–Trinajstić information content (AvgIpc) is 2.21. The molecule has 0 aromatic rings. The van der Waals surface area contributed by atoms with Crippen LogP contribution in [0.2, 0.25) is 0 Å². The molecule has 0 aliphatic rings. The van der Waals surface area contributed by atoms with Gasteiger partial charge in [0.15, 0.2) is 0 Å². The molecule has 0 saturated carbocycles. The Morgan fingerprint density at radius 2 is 1.93 bits per heavy atom. The van der Waals surface area contributed by atoms with E-state index in [1.165, 1.54) is 19.3 Å². The Morgan fingerprint density at radius 1 is 1.27 bits per heavy atom. The van der Waals surface area contributed by atoms with Crippen LogP contribution in [0.4, 0.5) is 0 Å².